The molecule has 4 rings (SSSR count). The number of carbonyl (C=O) groups excluding carboxylic acids is 1. The second-order valence-corrected chi connectivity index (χ2v) is 7.81. The first-order valence-corrected chi connectivity index (χ1v) is 10.2. The minimum absolute atomic E-state index is 0. The number of furan rings is 1. The van der Waals surface area contributed by atoms with Crippen molar-refractivity contribution in [2.75, 3.05) is 32.8 Å². The summed E-state index contributed by atoms with van der Waals surface area (Å²) in [7, 11) is 0. The molecule has 0 bridgehead atoms. The van der Waals surface area contributed by atoms with Gasteiger partial charge >= 0.3 is 0 Å². The van der Waals surface area contributed by atoms with E-state index in [1.807, 2.05) is 12.1 Å². The van der Waals surface area contributed by atoms with E-state index in [0.29, 0.717) is 30.8 Å². The van der Waals surface area contributed by atoms with Crippen LogP contribution in [0.5, 0.6) is 0 Å². The zero-order chi connectivity index (χ0) is 18.5. The summed E-state index contributed by atoms with van der Waals surface area (Å²) < 4.78 is 11.1. The summed E-state index contributed by atoms with van der Waals surface area (Å²) in [5.74, 6) is 2.39. The second-order valence-electron chi connectivity index (χ2n) is 7.81. The van der Waals surface area contributed by atoms with E-state index in [2.05, 4.69) is 15.5 Å². The Labute approximate surface area is 183 Å². The monoisotopic (exact) mass is 502 g/mol. The second kappa shape index (κ2) is 10.5. The van der Waals surface area contributed by atoms with E-state index < -0.39 is 0 Å². The first-order valence-electron chi connectivity index (χ1n) is 10.2. The first-order chi connectivity index (χ1) is 13.3. The number of aliphatic imine (C=N–C) groups is 1. The zero-order valence-corrected chi connectivity index (χ0v) is 18.6. The number of ether oxygens (including phenoxy) is 1. The highest BCUT2D eigenvalue weighted by Gasteiger charge is 2.39. The molecule has 156 valence electrons. The highest BCUT2D eigenvalue weighted by Crippen LogP contribution is 2.32. The maximum absolute atomic E-state index is 12.1. The molecule has 8 heteroatoms. The van der Waals surface area contributed by atoms with Gasteiger partial charge in [-0.2, -0.15) is 0 Å². The molecule has 28 heavy (non-hydrogen) atoms. The number of guanidine groups is 1. The molecule has 0 spiro atoms. The van der Waals surface area contributed by atoms with E-state index in [1.54, 1.807) is 6.26 Å². The van der Waals surface area contributed by atoms with Crippen LogP contribution < -0.4 is 10.6 Å². The lowest BCUT2D eigenvalue weighted by atomic mass is 10.1. The van der Waals surface area contributed by atoms with Crippen LogP contribution in [-0.4, -0.2) is 61.7 Å². The summed E-state index contributed by atoms with van der Waals surface area (Å²) in [5.41, 5.74) is 0. The van der Waals surface area contributed by atoms with Crippen LogP contribution in [0, 0.1) is 5.92 Å². The van der Waals surface area contributed by atoms with Crippen LogP contribution in [0.3, 0.4) is 0 Å². The number of rotatable bonds is 8. The molecular formula is C20H31IN4O3. The average molecular weight is 502 g/mol. The molecule has 2 N–H and O–H groups in total. The Morgan fingerprint density at radius 3 is 2.89 bits per heavy atom. The molecule has 0 aromatic carbocycles. The minimum atomic E-state index is 0. The molecule has 1 saturated carbocycles. The fourth-order valence-corrected chi connectivity index (χ4v) is 3.84. The van der Waals surface area contributed by atoms with E-state index in [9.17, 15) is 4.79 Å². The van der Waals surface area contributed by atoms with Crippen molar-refractivity contribution in [1.29, 1.82) is 0 Å². The molecule has 2 atom stereocenters. The predicted octanol–water partition coefficient (Wildman–Crippen LogP) is 2.17. The van der Waals surface area contributed by atoms with Crippen LogP contribution in [-0.2, 0) is 16.0 Å². The number of nitrogens with zero attached hydrogens (tertiary/aromatic N) is 2. The van der Waals surface area contributed by atoms with Gasteiger partial charge in [0, 0.05) is 57.6 Å². The highest BCUT2D eigenvalue weighted by atomic mass is 127. The fraction of sp³-hybridized carbons (Fsp3) is 0.700. The van der Waals surface area contributed by atoms with Gasteiger partial charge in [-0.15, -0.1) is 24.0 Å². The Morgan fingerprint density at radius 1 is 1.29 bits per heavy atom. The van der Waals surface area contributed by atoms with Gasteiger partial charge in [0.25, 0.3) is 0 Å². The van der Waals surface area contributed by atoms with Crippen LogP contribution in [0.4, 0.5) is 0 Å². The quantitative estimate of drug-likeness (QED) is 0.324. The van der Waals surface area contributed by atoms with E-state index in [1.165, 1.54) is 12.8 Å². The summed E-state index contributed by atoms with van der Waals surface area (Å²) >= 11 is 0. The molecule has 3 aliphatic rings. The topological polar surface area (TPSA) is 79.1 Å². The number of nitrogens with one attached hydrogen (secondary N) is 2. The number of halogens is 1. The van der Waals surface area contributed by atoms with Crippen molar-refractivity contribution >= 4 is 35.8 Å². The van der Waals surface area contributed by atoms with Crippen molar-refractivity contribution in [1.82, 2.24) is 15.5 Å². The molecule has 2 unspecified atom stereocenters. The Kier molecular flexibility index (Phi) is 8.01. The Hall–Kier alpha value is -1.29. The maximum atomic E-state index is 12.1. The van der Waals surface area contributed by atoms with Crippen LogP contribution in [0.15, 0.2) is 27.8 Å². The van der Waals surface area contributed by atoms with E-state index in [-0.39, 0.29) is 30.1 Å². The van der Waals surface area contributed by atoms with Gasteiger partial charge in [-0.05, 0) is 37.8 Å². The molecule has 0 radical (unpaired) electrons. The largest absolute Gasteiger partial charge is 0.469 e. The molecule has 2 saturated heterocycles. The average Bonchev–Trinajstić information content (AvgIpc) is 3.05. The van der Waals surface area contributed by atoms with Gasteiger partial charge in [-0.3, -0.25) is 9.79 Å². The summed E-state index contributed by atoms with van der Waals surface area (Å²) in [6, 6.07) is 4.40. The normalized spacial score (nSPS) is 25.1. The first kappa shape index (κ1) is 21.4. The van der Waals surface area contributed by atoms with Crippen molar-refractivity contribution in [3.63, 3.8) is 0 Å². The smallest absolute Gasteiger partial charge is 0.223 e. The predicted molar refractivity (Wildman–Crippen MR) is 118 cm³/mol. The van der Waals surface area contributed by atoms with E-state index in [4.69, 9.17) is 14.1 Å². The summed E-state index contributed by atoms with van der Waals surface area (Å²) in [6.45, 7) is 3.91. The Morgan fingerprint density at radius 2 is 2.18 bits per heavy atom. The standard InChI is InChI=1S/C20H30N4O3.HI/c25-19-11-15(14-24(19)16-5-6-16)12-22-20(23-13-18-4-2-10-27-18)21-8-7-17-3-1-9-26-17;/h1,3,9,15-16,18H,2,4-8,10-14H2,(H2,21,22,23);1H. The zero-order valence-electron chi connectivity index (χ0n) is 16.3. The fourth-order valence-electron chi connectivity index (χ4n) is 3.84. The van der Waals surface area contributed by atoms with Crippen LogP contribution >= 0.6 is 24.0 Å². The molecule has 7 nitrogen and oxygen atoms in total. The number of carbonyl (C=O) groups is 1. The minimum Gasteiger partial charge on any atom is -0.469 e. The number of likely N-dealkylation sites (tertiary alicyclic amines) is 1. The van der Waals surface area contributed by atoms with Crippen molar-refractivity contribution in [3.05, 3.63) is 24.2 Å². The molecular weight excluding hydrogens is 471 g/mol. The van der Waals surface area contributed by atoms with Crippen LogP contribution in [0.2, 0.25) is 0 Å². The number of hydrogen-bond donors (Lipinski definition) is 2. The lowest BCUT2D eigenvalue weighted by Crippen LogP contribution is -2.42. The van der Waals surface area contributed by atoms with Crippen LogP contribution in [0.1, 0.15) is 37.9 Å². The van der Waals surface area contributed by atoms with E-state index >= 15 is 0 Å². The molecule has 1 aliphatic carbocycles. The molecule has 3 fully saturated rings. The SMILES string of the molecule is I.O=C1CC(CN=C(NCCc2ccco2)NCC2CCCO2)CN1C1CC1. The summed E-state index contributed by atoms with van der Waals surface area (Å²) in [6.07, 6.45) is 7.97. The number of amides is 1. The van der Waals surface area contributed by atoms with Gasteiger partial charge in [0.15, 0.2) is 5.96 Å². The maximum Gasteiger partial charge on any atom is 0.223 e. The Balaban J connectivity index is 0.00000225. The van der Waals surface area contributed by atoms with E-state index in [0.717, 1.165) is 57.2 Å². The third-order valence-corrected chi connectivity index (χ3v) is 5.50. The van der Waals surface area contributed by atoms with Gasteiger partial charge in [0.2, 0.25) is 5.91 Å². The summed E-state index contributed by atoms with van der Waals surface area (Å²) in [4.78, 5) is 19.0. The Bertz CT molecular complexity index is 642. The van der Waals surface area contributed by atoms with Gasteiger partial charge in [0.05, 0.1) is 12.4 Å². The third kappa shape index (κ3) is 6.10. The molecule has 1 aromatic heterocycles. The van der Waals surface area contributed by atoms with Gasteiger partial charge in [-0.1, -0.05) is 0 Å². The summed E-state index contributed by atoms with van der Waals surface area (Å²) in [5, 5.41) is 6.80. The molecule has 2 aliphatic heterocycles. The van der Waals surface area contributed by atoms with Crippen molar-refractivity contribution in [2.45, 2.75) is 50.7 Å². The van der Waals surface area contributed by atoms with Gasteiger partial charge in [0.1, 0.15) is 5.76 Å². The molecule has 1 amide bonds. The van der Waals surface area contributed by atoms with Gasteiger partial charge < -0.3 is 24.7 Å². The molecule has 1 aromatic rings. The van der Waals surface area contributed by atoms with Crippen molar-refractivity contribution in [2.24, 2.45) is 10.9 Å². The highest BCUT2D eigenvalue weighted by molar-refractivity contribution is 14.0. The lowest BCUT2D eigenvalue weighted by Gasteiger charge is -2.17. The van der Waals surface area contributed by atoms with Crippen molar-refractivity contribution in [3.8, 4) is 0 Å². The third-order valence-electron chi connectivity index (χ3n) is 5.50. The molecule has 3 heterocycles. The number of hydrogen-bond acceptors (Lipinski definition) is 4. The lowest BCUT2D eigenvalue weighted by molar-refractivity contribution is -0.128. The van der Waals surface area contributed by atoms with Crippen molar-refractivity contribution < 1.29 is 13.9 Å². The van der Waals surface area contributed by atoms with Gasteiger partial charge in [-0.25, -0.2) is 0 Å². The van der Waals surface area contributed by atoms with Crippen LogP contribution in [0.25, 0.3) is 0 Å².